The molecule has 3 rings (SSSR count). The normalized spacial score (nSPS) is 15.1. The van der Waals surface area contributed by atoms with Crippen LogP contribution in [-0.4, -0.2) is 68.1 Å². The number of hydrogen-bond donors (Lipinski definition) is 1. The molecule has 1 aliphatic rings. The van der Waals surface area contributed by atoms with E-state index in [9.17, 15) is 0 Å². The Hall–Kier alpha value is -2.83. The molecule has 26 heavy (non-hydrogen) atoms. The molecule has 1 aromatic carbocycles. The van der Waals surface area contributed by atoms with Gasteiger partial charge in [-0.3, -0.25) is 4.99 Å². The lowest BCUT2D eigenvalue weighted by molar-refractivity contribution is 0.370. The second kappa shape index (κ2) is 8.51. The number of anilines is 2. The van der Waals surface area contributed by atoms with Crippen molar-refractivity contribution in [2.24, 2.45) is 4.99 Å². The van der Waals surface area contributed by atoms with Gasteiger partial charge in [0.15, 0.2) is 5.96 Å². The van der Waals surface area contributed by atoms with Crippen molar-refractivity contribution in [1.29, 1.82) is 0 Å². The summed E-state index contributed by atoms with van der Waals surface area (Å²) in [6.45, 7) is 4.35. The quantitative estimate of drug-likeness (QED) is 0.663. The molecule has 0 amide bonds. The van der Waals surface area contributed by atoms with Crippen LogP contribution in [0.25, 0.3) is 0 Å². The van der Waals surface area contributed by atoms with Crippen LogP contribution in [0.15, 0.2) is 47.7 Å². The first-order valence-electron chi connectivity index (χ1n) is 8.91. The Morgan fingerprint density at radius 1 is 1.08 bits per heavy atom. The minimum Gasteiger partial charge on any atom is -0.378 e. The number of nitrogens with zero attached hydrogens (tertiary/aromatic N) is 6. The monoisotopic (exact) mass is 353 g/mol. The fraction of sp³-hybridized carbons (Fsp3) is 0.421. The van der Waals surface area contributed by atoms with Gasteiger partial charge in [0.05, 0.1) is 0 Å². The van der Waals surface area contributed by atoms with Gasteiger partial charge in [-0.05, 0) is 23.8 Å². The van der Waals surface area contributed by atoms with Gasteiger partial charge in [0.2, 0.25) is 5.95 Å². The van der Waals surface area contributed by atoms with E-state index in [0.717, 1.165) is 44.6 Å². The van der Waals surface area contributed by atoms with E-state index in [2.05, 4.69) is 73.3 Å². The molecule has 1 saturated heterocycles. The minimum absolute atomic E-state index is 0.766. The van der Waals surface area contributed by atoms with Gasteiger partial charge >= 0.3 is 0 Å². The van der Waals surface area contributed by atoms with Gasteiger partial charge in [-0.2, -0.15) is 0 Å². The largest absolute Gasteiger partial charge is 0.378 e. The average molecular weight is 353 g/mol. The van der Waals surface area contributed by atoms with Crippen molar-refractivity contribution in [3.8, 4) is 0 Å². The van der Waals surface area contributed by atoms with Gasteiger partial charge in [-0.1, -0.05) is 12.1 Å². The SMILES string of the molecule is CN=C(NCc1ccc(N(C)C)cc1)N1CCN(c2ncccn2)CC1. The Labute approximate surface area is 155 Å². The standard InChI is InChI=1S/C19H27N7/c1-20-18(23-15-16-5-7-17(8-6-16)24(2)3)25-11-13-26(14-12-25)19-21-9-4-10-22-19/h4-10H,11-15H2,1-3H3,(H,20,23). The van der Waals surface area contributed by atoms with Crippen molar-refractivity contribution in [2.45, 2.75) is 6.54 Å². The van der Waals surface area contributed by atoms with Gasteiger partial charge in [0.25, 0.3) is 0 Å². The fourth-order valence-corrected chi connectivity index (χ4v) is 3.00. The molecule has 2 aromatic rings. The maximum Gasteiger partial charge on any atom is 0.225 e. The zero-order valence-electron chi connectivity index (χ0n) is 15.8. The number of nitrogens with one attached hydrogen (secondary N) is 1. The summed E-state index contributed by atoms with van der Waals surface area (Å²) in [5.41, 5.74) is 2.45. The van der Waals surface area contributed by atoms with Crippen molar-refractivity contribution < 1.29 is 0 Å². The molecule has 0 atom stereocenters. The Balaban J connectivity index is 1.52. The number of benzene rings is 1. The van der Waals surface area contributed by atoms with Gasteiger partial charge in [0.1, 0.15) is 0 Å². The lowest BCUT2D eigenvalue weighted by Crippen LogP contribution is -2.52. The summed E-state index contributed by atoms with van der Waals surface area (Å²) >= 11 is 0. The molecule has 7 heteroatoms. The number of piperazine rings is 1. The third kappa shape index (κ3) is 4.41. The number of hydrogen-bond acceptors (Lipinski definition) is 5. The second-order valence-electron chi connectivity index (χ2n) is 6.48. The van der Waals surface area contributed by atoms with Crippen LogP contribution in [0, 0.1) is 0 Å². The highest BCUT2D eigenvalue weighted by atomic mass is 15.4. The van der Waals surface area contributed by atoms with Crippen LogP contribution in [0.1, 0.15) is 5.56 Å². The summed E-state index contributed by atoms with van der Waals surface area (Å²) in [5, 5.41) is 3.47. The predicted octanol–water partition coefficient (Wildman–Crippen LogP) is 1.44. The highest BCUT2D eigenvalue weighted by Crippen LogP contribution is 2.13. The van der Waals surface area contributed by atoms with Crippen molar-refractivity contribution in [2.75, 3.05) is 57.1 Å². The van der Waals surface area contributed by atoms with Crippen LogP contribution in [0.3, 0.4) is 0 Å². The van der Waals surface area contributed by atoms with Crippen molar-refractivity contribution in [3.63, 3.8) is 0 Å². The third-order valence-corrected chi connectivity index (χ3v) is 4.53. The molecule has 0 bridgehead atoms. The zero-order chi connectivity index (χ0) is 18.4. The van der Waals surface area contributed by atoms with Crippen LogP contribution in [0.5, 0.6) is 0 Å². The number of guanidine groups is 1. The summed E-state index contributed by atoms with van der Waals surface area (Å²) in [6.07, 6.45) is 3.58. The topological polar surface area (TPSA) is 59.9 Å². The van der Waals surface area contributed by atoms with E-state index >= 15 is 0 Å². The molecule has 138 valence electrons. The lowest BCUT2D eigenvalue weighted by atomic mass is 10.2. The van der Waals surface area contributed by atoms with E-state index in [-0.39, 0.29) is 0 Å². The van der Waals surface area contributed by atoms with Gasteiger partial charge < -0.3 is 20.0 Å². The van der Waals surface area contributed by atoms with Crippen LogP contribution < -0.4 is 15.1 Å². The summed E-state index contributed by atoms with van der Waals surface area (Å²) in [7, 11) is 5.94. The minimum atomic E-state index is 0.766. The van der Waals surface area contributed by atoms with E-state index in [1.807, 2.05) is 13.1 Å². The molecule has 1 N–H and O–H groups in total. The summed E-state index contributed by atoms with van der Waals surface area (Å²) < 4.78 is 0. The first-order chi connectivity index (χ1) is 12.7. The van der Waals surface area contributed by atoms with Crippen LogP contribution >= 0.6 is 0 Å². The van der Waals surface area contributed by atoms with E-state index in [1.165, 1.54) is 11.3 Å². The molecular formula is C19H27N7. The molecule has 0 unspecified atom stereocenters. The Morgan fingerprint density at radius 2 is 1.73 bits per heavy atom. The van der Waals surface area contributed by atoms with E-state index in [1.54, 1.807) is 12.4 Å². The third-order valence-electron chi connectivity index (χ3n) is 4.53. The highest BCUT2D eigenvalue weighted by molar-refractivity contribution is 5.80. The molecule has 1 aliphatic heterocycles. The highest BCUT2D eigenvalue weighted by Gasteiger charge is 2.20. The molecule has 0 saturated carbocycles. The molecule has 0 radical (unpaired) electrons. The summed E-state index contributed by atoms with van der Waals surface area (Å²) in [6, 6.07) is 10.4. The maximum absolute atomic E-state index is 4.44. The average Bonchev–Trinajstić information content (AvgIpc) is 2.70. The summed E-state index contributed by atoms with van der Waals surface area (Å²) in [5.74, 6) is 1.74. The fourth-order valence-electron chi connectivity index (χ4n) is 3.00. The second-order valence-corrected chi connectivity index (χ2v) is 6.48. The van der Waals surface area contributed by atoms with E-state index in [4.69, 9.17) is 0 Å². The van der Waals surface area contributed by atoms with E-state index < -0.39 is 0 Å². The smallest absolute Gasteiger partial charge is 0.225 e. The maximum atomic E-state index is 4.44. The molecule has 1 aromatic heterocycles. The lowest BCUT2D eigenvalue weighted by Gasteiger charge is -2.36. The van der Waals surface area contributed by atoms with Crippen molar-refractivity contribution in [1.82, 2.24) is 20.2 Å². The van der Waals surface area contributed by atoms with Gasteiger partial charge in [-0.25, -0.2) is 9.97 Å². The van der Waals surface area contributed by atoms with Crippen LogP contribution in [-0.2, 0) is 6.54 Å². The number of aliphatic imine (C=N–C) groups is 1. The van der Waals surface area contributed by atoms with Crippen molar-refractivity contribution in [3.05, 3.63) is 48.3 Å². The molecule has 7 nitrogen and oxygen atoms in total. The summed E-state index contributed by atoms with van der Waals surface area (Å²) in [4.78, 5) is 19.7. The predicted molar refractivity (Wildman–Crippen MR) is 107 cm³/mol. The number of rotatable bonds is 4. The number of aromatic nitrogens is 2. The Kier molecular flexibility index (Phi) is 5.88. The van der Waals surface area contributed by atoms with Gasteiger partial charge in [-0.15, -0.1) is 0 Å². The first-order valence-corrected chi connectivity index (χ1v) is 8.91. The molecular weight excluding hydrogens is 326 g/mol. The molecule has 2 heterocycles. The van der Waals surface area contributed by atoms with Crippen LogP contribution in [0.2, 0.25) is 0 Å². The molecule has 0 aliphatic carbocycles. The molecule has 1 fully saturated rings. The zero-order valence-corrected chi connectivity index (χ0v) is 15.8. The first kappa shape index (κ1) is 18.0. The molecule has 0 spiro atoms. The van der Waals surface area contributed by atoms with E-state index in [0.29, 0.717) is 0 Å². The Bertz CT molecular complexity index is 704. The van der Waals surface area contributed by atoms with Crippen LogP contribution in [0.4, 0.5) is 11.6 Å². The van der Waals surface area contributed by atoms with Gasteiger partial charge in [0, 0.05) is 71.9 Å². The van der Waals surface area contributed by atoms with Crippen molar-refractivity contribution >= 4 is 17.6 Å². The Morgan fingerprint density at radius 3 is 2.31 bits per heavy atom.